The lowest BCUT2D eigenvalue weighted by Crippen LogP contribution is -2.27. The quantitative estimate of drug-likeness (QED) is 0.710. The molecule has 1 saturated carbocycles. The maximum atomic E-state index is 11.1. The zero-order chi connectivity index (χ0) is 12.0. The van der Waals surface area contributed by atoms with Gasteiger partial charge in [-0.15, -0.1) is 11.8 Å². The molecule has 0 amide bonds. The van der Waals surface area contributed by atoms with Crippen molar-refractivity contribution in [3.05, 3.63) is 0 Å². The first-order chi connectivity index (χ1) is 7.71. The van der Waals surface area contributed by atoms with Crippen LogP contribution in [0.15, 0.2) is 0 Å². The molecule has 0 saturated heterocycles. The summed E-state index contributed by atoms with van der Waals surface area (Å²) in [4.78, 5) is 11.1. The first kappa shape index (κ1) is 13.4. The first-order valence-corrected chi connectivity index (χ1v) is 6.84. The number of carbonyl (C=O) groups excluding carboxylic acids is 1. The average Bonchev–Trinajstić information content (AvgIpc) is 2.35. The van der Waals surface area contributed by atoms with Crippen LogP contribution in [-0.2, 0) is 9.53 Å². The minimum absolute atomic E-state index is 0.109. The summed E-state index contributed by atoms with van der Waals surface area (Å²) in [7, 11) is 1.40. The van der Waals surface area contributed by atoms with Crippen LogP contribution in [-0.4, -0.2) is 24.1 Å². The van der Waals surface area contributed by atoms with Crippen molar-refractivity contribution in [3.8, 4) is 6.07 Å². The zero-order valence-electron chi connectivity index (χ0n) is 9.94. The van der Waals surface area contributed by atoms with Crippen LogP contribution in [0.2, 0.25) is 0 Å². The number of methoxy groups -OCH3 is 1. The van der Waals surface area contributed by atoms with Gasteiger partial charge in [-0.1, -0.05) is 13.3 Å². The monoisotopic (exact) mass is 241 g/mol. The van der Waals surface area contributed by atoms with Gasteiger partial charge < -0.3 is 4.74 Å². The molecule has 0 N–H and O–H groups in total. The van der Waals surface area contributed by atoms with E-state index in [9.17, 15) is 4.79 Å². The van der Waals surface area contributed by atoms with Gasteiger partial charge in [0.25, 0.3) is 0 Å². The van der Waals surface area contributed by atoms with E-state index in [1.54, 1.807) is 11.8 Å². The third kappa shape index (κ3) is 3.71. The molecule has 0 spiro atoms. The number of rotatable bonds is 4. The third-order valence-corrected chi connectivity index (χ3v) is 4.64. The van der Waals surface area contributed by atoms with Gasteiger partial charge in [-0.05, 0) is 25.2 Å². The number of ether oxygens (including phenoxy) is 1. The SMILES string of the molecule is CCC1CCC(C#N)C(SCC(=O)OC)C1. The van der Waals surface area contributed by atoms with Crippen LogP contribution in [0.25, 0.3) is 0 Å². The Morgan fingerprint density at radius 2 is 2.31 bits per heavy atom. The van der Waals surface area contributed by atoms with Crippen LogP contribution < -0.4 is 0 Å². The van der Waals surface area contributed by atoms with E-state index in [0.29, 0.717) is 11.0 Å². The number of esters is 1. The number of nitriles is 1. The molecule has 3 nitrogen and oxygen atoms in total. The van der Waals surface area contributed by atoms with Crippen molar-refractivity contribution in [2.75, 3.05) is 12.9 Å². The fraction of sp³-hybridized carbons (Fsp3) is 0.833. The lowest BCUT2D eigenvalue weighted by molar-refractivity contribution is -0.137. The third-order valence-electron chi connectivity index (χ3n) is 3.29. The summed E-state index contributed by atoms with van der Waals surface area (Å²) >= 11 is 1.58. The number of nitrogens with zero attached hydrogens (tertiary/aromatic N) is 1. The molecule has 0 bridgehead atoms. The van der Waals surface area contributed by atoms with Crippen LogP contribution in [0.5, 0.6) is 0 Å². The second kappa shape index (κ2) is 6.80. The fourth-order valence-corrected chi connectivity index (χ4v) is 3.45. The lowest BCUT2D eigenvalue weighted by Gasteiger charge is -2.31. The standard InChI is InChI=1S/C12H19NO2S/c1-3-9-4-5-10(7-13)11(6-9)16-8-12(14)15-2/h9-11H,3-6,8H2,1-2H3. The second-order valence-electron chi connectivity index (χ2n) is 4.25. The van der Waals surface area contributed by atoms with E-state index < -0.39 is 0 Å². The number of thioether (sulfide) groups is 1. The van der Waals surface area contributed by atoms with Crippen molar-refractivity contribution in [3.63, 3.8) is 0 Å². The van der Waals surface area contributed by atoms with Crippen molar-refractivity contribution in [2.24, 2.45) is 11.8 Å². The highest BCUT2D eigenvalue weighted by molar-refractivity contribution is 8.00. The van der Waals surface area contributed by atoms with Gasteiger partial charge in [0.05, 0.1) is 24.8 Å². The minimum Gasteiger partial charge on any atom is -0.468 e. The molecule has 4 heteroatoms. The van der Waals surface area contributed by atoms with Gasteiger partial charge in [0.1, 0.15) is 0 Å². The van der Waals surface area contributed by atoms with Gasteiger partial charge in [-0.3, -0.25) is 4.79 Å². The maximum Gasteiger partial charge on any atom is 0.315 e. The molecule has 0 aromatic heterocycles. The predicted octanol–water partition coefficient (Wildman–Crippen LogP) is 2.61. The van der Waals surface area contributed by atoms with E-state index in [1.165, 1.54) is 13.5 Å². The summed E-state index contributed by atoms with van der Waals surface area (Å²) < 4.78 is 4.62. The van der Waals surface area contributed by atoms with Crippen LogP contribution in [0.4, 0.5) is 0 Å². The molecule has 16 heavy (non-hydrogen) atoms. The fourth-order valence-electron chi connectivity index (χ4n) is 2.15. The molecule has 3 atom stereocenters. The normalized spacial score (nSPS) is 29.4. The van der Waals surface area contributed by atoms with Gasteiger partial charge in [0, 0.05) is 5.25 Å². The van der Waals surface area contributed by atoms with E-state index in [1.807, 2.05) is 0 Å². The smallest absolute Gasteiger partial charge is 0.315 e. The summed E-state index contributed by atoms with van der Waals surface area (Å²) in [6.07, 6.45) is 4.38. The van der Waals surface area contributed by atoms with E-state index in [2.05, 4.69) is 17.7 Å². The summed E-state index contributed by atoms with van der Waals surface area (Å²) in [5.41, 5.74) is 0. The maximum absolute atomic E-state index is 11.1. The largest absolute Gasteiger partial charge is 0.468 e. The van der Waals surface area contributed by atoms with Crippen molar-refractivity contribution >= 4 is 17.7 Å². The number of carbonyl (C=O) groups is 1. The Hall–Kier alpha value is -0.690. The van der Waals surface area contributed by atoms with Crippen molar-refractivity contribution < 1.29 is 9.53 Å². The average molecular weight is 241 g/mol. The Balaban J connectivity index is 2.46. The molecule has 0 radical (unpaired) electrons. The van der Waals surface area contributed by atoms with Crippen LogP contribution in [0.1, 0.15) is 32.6 Å². The van der Waals surface area contributed by atoms with Crippen LogP contribution >= 0.6 is 11.8 Å². The van der Waals surface area contributed by atoms with Crippen molar-refractivity contribution in [2.45, 2.75) is 37.9 Å². The lowest BCUT2D eigenvalue weighted by atomic mass is 9.81. The summed E-state index contributed by atoms with van der Waals surface area (Å²) in [6, 6.07) is 2.37. The molecule has 0 heterocycles. The minimum atomic E-state index is -0.194. The highest BCUT2D eigenvalue weighted by Gasteiger charge is 2.30. The van der Waals surface area contributed by atoms with Crippen LogP contribution in [0.3, 0.4) is 0 Å². The number of hydrogen-bond donors (Lipinski definition) is 0. The highest BCUT2D eigenvalue weighted by Crippen LogP contribution is 2.37. The van der Waals surface area contributed by atoms with E-state index in [4.69, 9.17) is 5.26 Å². The second-order valence-corrected chi connectivity index (χ2v) is 5.48. The summed E-state index contributed by atoms with van der Waals surface area (Å²) in [5, 5.41) is 9.37. The first-order valence-electron chi connectivity index (χ1n) is 5.79. The molecule has 1 rings (SSSR count). The molecule has 0 aromatic rings. The van der Waals surface area contributed by atoms with Crippen LogP contribution in [0, 0.1) is 23.2 Å². The Labute approximate surface area is 102 Å². The molecular formula is C12H19NO2S. The van der Waals surface area contributed by atoms with Gasteiger partial charge in [0.15, 0.2) is 0 Å². The Morgan fingerprint density at radius 1 is 1.56 bits per heavy atom. The van der Waals surface area contributed by atoms with Crippen molar-refractivity contribution in [1.29, 1.82) is 5.26 Å². The molecule has 3 unspecified atom stereocenters. The summed E-state index contributed by atoms with van der Waals surface area (Å²) in [5.74, 6) is 1.01. The predicted molar refractivity (Wildman–Crippen MR) is 65.0 cm³/mol. The van der Waals surface area contributed by atoms with Gasteiger partial charge in [-0.2, -0.15) is 5.26 Å². The summed E-state index contributed by atoms with van der Waals surface area (Å²) in [6.45, 7) is 2.19. The number of hydrogen-bond acceptors (Lipinski definition) is 4. The zero-order valence-corrected chi connectivity index (χ0v) is 10.8. The van der Waals surface area contributed by atoms with E-state index >= 15 is 0 Å². The Morgan fingerprint density at radius 3 is 2.88 bits per heavy atom. The Kier molecular flexibility index (Phi) is 5.68. The molecule has 1 fully saturated rings. The Bertz CT molecular complexity index is 275. The topological polar surface area (TPSA) is 50.1 Å². The molecular weight excluding hydrogens is 222 g/mol. The van der Waals surface area contributed by atoms with E-state index in [-0.39, 0.29) is 11.9 Å². The van der Waals surface area contributed by atoms with E-state index in [0.717, 1.165) is 25.2 Å². The van der Waals surface area contributed by atoms with Gasteiger partial charge >= 0.3 is 5.97 Å². The highest BCUT2D eigenvalue weighted by atomic mass is 32.2. The van der Waals surface area contributed by atoms with Crippen molar-refractivity contribution in [1.82, 2.24) is 0 Å². The molecule has 1 aliphatic rings. The van der Waals surface area contributed by atoms with Gasteiger partial charge in [-0.25, -0.2) is 0 Å². The van der Waals surface area contributed by atoms with Gasteiger partial charge in [0.2, 0.25) is 0 Å². The molecule has 0 aromatic carbocycles. The molecule has 1 aliphatic carbocycles. The molecule has 0 aliphatic heterocycles. The molecule has 90 valence electrons.